The maximum absolute atomic E-state index is 11.9. The second-order valence-electron chi connectivity index (χ2n) is 3.59. The molecule has 1 saturated heterocycles. The Hall–Kier alpha value is -1.18. The molecule has 18 heavy (non-hydrogen) atoms. The molecule has 1 aliphatic heterocycles. The number of hydrogen-bond acceptors (Lipinski definition) is 6. The molecule has 0 aromatic carbocycles. The van der Waals surface area contributed by atoms with E-state index in [9.17, 15) is 14.7 Å². The lowest BCUT2D eigenvalue weighted by molar-refractivity contribution is -0.305. The third-order valence-corrected chi connectivity index (χ3v) is 4.52. The Morgan fingerprint density at radius 1 is 1.56 bits per heavy atom. The van der Waals surface area contributed by atoms with Crippen molar-refractivity contribution in [2.45, 2.75) is 6.92 Å². The van der Waals surface area contributed by atoms with E-state index >= 15 is 0 Å². The molecule has 1 fully saturated rings. The van der Waals surface area contributed by atoms with Crippen molar-refractivity contribution in [1.29, 1.82) is 0 Å². The average molecular weight is 298 g/mol. The number of thiophene rings is 1. The van der Waals surface area contributed by atoms with E-state index in [0.717, 1.165) is 26.4 Å². The number of nitrogens with zero attached hydrogens (tertiary/aromatic N) is 1. The van der Waals surface area contributed by atoms with Crippen LogP contribution < -0.4 is 5.11 Å². The summed E-state index contributed by atoms with van der Waals surface area (Å²) in [4.78, 5) is 26.0. The molecule has 0 spiro atoms. The van der Waals surface area contributed by atoms with Gasteiger partial charge in [-0.2, -0.15) is 0 Å². The number of carbonyl (C=O) groups excluding carboxylic acids is 2. The van der Waals surface area contributed by atoms with Crippen molar-refractivity contribution in [2.75, 3.05) is 6.54 Å². The quantitative estimate of drug-likeness (QED) is 0.615. The summed E-state index contributed by atoms with van der Waals surface area (Å²) in [6.07, 6.45) is 1.73. The molecule has 0 radical (unpaired) electrons. The molecule has 2 rings (SSSR count). The second kappa shape index (κ2) is 5.21. The van der Waals surface area contributed by atoms with Crippen LogP contribution in [0.15, 0.2) is 17.0 Å². The average Bonchev–Trinajstić information content (AvgIpc) is 2.78. The highest BCUT2D eigenvalue weighted by Crippen LogP contribution is 2.33. The number of rotatable bonds is 3. The van der Waals surface area contributed by atoms with Gasteiger partial charge in [0, 0.05) is 9.75 Å². The summed E-state index contributed by atoms with van der Waals surface area (Å²) in [6.45, 7) is 1.48. The summed E-state index contributed by atoms with van der Waals surface area (Å²) in [5, 5.41) is 10.5. The van der Waals surface area contributed by atoms with E-state index in [4.69, 9.17) is 12.2 Å². The van der Waals surface area contributed by atoms with Crippen LogP contribution in [-0.2, 0) is 9.59 Å². The molecular formula is C11H8NO3S3-. The summed E-state index contributed by atoms with van der Waals surface area (Å²) in [5.74, 6) is -1.69. The minimum atomic E-state index is -1.32. The van der Waals surface area contributed by atoms with Gasteiger partial charge in [0.2, 0.25) is 0 Å². The predicted molar refractivity (Wildman–Crippen MR) is 73.9 cm³/mol. The zero-order valence-corrected chi connectivity index (χ0v) is 11.8. The highest BCUT2D eigenvalue weighted by molar-refractivity contribution is 8.26. The molecule has 0 saturated carbocycles. The fourth-order valence-corrected chi connectivity index (χ4v) is 3.57. The lowest BCUT2D eigenvalue weighted by atomic mass is 10.3. The van der Waals surface area contributed by atoms with Gasteiger partial charge in [-0.1, -0.05) is 24.0 Å². The standard InChI is InChI=1S/C11H9NO3S3/c1-6-2-3-7(17-6)4-8-10(15)12(5-9(13)14)11(16)18-8/h2-4H,5H2,1H3,(H,13,14)/p-1/b8-4+. The zero-order valence-electron chi connectivity index (χ0n) is 9.34. The fraction of sp³-hybridized carbons (Fsp3) is 0.182. The Morgan fingerprint density at radius 2 is 2.28 bits per heavy atom. The van der Waals surface area contributed by atoms with Gasteiger partial charge in [0.05, 0.1) is 17.4 Å². The monoisotopic (exact) mass is 298 g/mol. The van der Waals surface area contributed by atoms with Crippen LogP contribution in [0.2, 0.25) is 0 Å². The first-order chi connectivity index (χ1) is 8.47. The third kappa shape index (κ3) is 2.80. The highest BCUT2D eigenvalue weighted by Gasteiger charge is 2.31. The smallest absolute Gasteiger partial charge is 0.266 e. The third-order valence-electron chi connectivity index (χ3n) is 2.20. The first-order valence-corrected chi connectivity index (χ1v) is 7.03. The number of carbonyl (C=O) groups is 2. The maximum atomic E-state index is 11.9. The van der Waals surface area contributed by atoms with Crippen LogP contribution in [-0.4, -0.2) is 27.6 Å². The number of hydrogen-bond donors (Lipinski definition) is 0. The topological polar surface area (TPSA) is 60.4 Å². The van der Waals surface area contributed by atoms with E-state index in [1.165, 1.54) is 0 Å². The Kier molecular flexibility index (Phi) is 3.84. The highest BCUT2D eigenvalue weighted by atomic mass is 32.2. The summed E-state index contributed by atoms with van der Waals surface area (Å²) < 4.78 is 0.253. The number of amides is 1. The predicted octanol–water partition coefficient (Wildman–Crippen LogP) is 1.01. The second-order valence-corrected chi connectivity index (χ2v) is 6.58. The number of carboxylic acids is 1. The molecule has 0 aliphatic carbocycles. The molecular weight excluding hydrogens is 290 g/mol. The number of thiocarbonyl (C=S) groups is 1. The SMILES string of the molecule is Cc1ccc(/C=C2/SC(=S)N(CC(=O)[O-])C2=O)s1. The van der Waals surface area contributed by atoms with Crippen LogP contribution in [0, 0.1) is 6.92 Å². The van der Waals surface area contributed by atoms with Gasteiger partial charge in [0.1, 0.15) is 4.32 Å². The van der Waals surface area contributed by atoms with Crippen molar-refractivity contribution in [2.24, 2.45) is 0 Å². The molecule has 0 atom stereocenters. The molecule has 1 aromatic rings. The molecule has 1 aliphatic rings. The lowest BCUT2D eigenvalue weighted by Crippen LogP contribution is -2.40. The van der Waals surface area contributed by atoms with E-state index < -0.39 is 12.5 Å². The number of aliphatic carboxylic acids is 1. The molecule has 0 unspecified atom stereocenters. The van der Waals surface area contributed by atoms with Crippen molar-refractivity contribution in [3.05, 3.63) is 26.8 Å². The van der Waals surface area contributed by atoms with Crippen LogP contribution in [0.1, 0.15) is 9.75 Å². The fourth-order valence-electron chi connectivity index (χ4n) is 1.43. The van der Waals surface area contributed by atoms with Gasteiger partial charge >= 0.3 is 0 Å². The summed E-state index contributed by atoms with van der Waals surface area (Å²) >= 11 is 7.65. The Labute approximate surface area is 117 Å². The molecule has 94 valence electrons. The van der Waals surface area contributed by atoms with Gasteiger partial charge < -0.3 is 9.90 Å². The van der Waals surface area contributed by atoms with E-state index in [0.29, 0.717) is 4.91 Å². The van der Waals surface area contributed by atoms with Crippen molar-refractivity contribution >= 4 is 57.6 Å². The molecule has 7 heteroatoms. The Morgan fingerprint density at radius 3 is 2.83 bits per heavy atom. The van der Waals surface area contributed by atoms with Crippen molar-refractivity contribution in [1.82, 2.24) is 4.90 Å². The van der Waals surface area contributed by atoms with Crippen molar-refractivity contribution in [3.63, 3.8) is 0 Å². The van der Waals surface area contributed by atoms with Gasteiger partial charge in [0.25, 0.3) is 5.91 Å². The van der Waals surface area contributed by atoms with Crippen LogP contribution in [0.5, 0.6) is 0 Å². The van der Waals surface area contributed by atoms with Crippen LogP contribution in [0.3, 0.4) is 0 Å². The number of thioether (sulfide) groups is 1. The normalized spacial score (nSPS) is 17.8. The van der Waals surface area contributed by atoms with Crippen LogP contribution in [0.25, 0.3) is 6.08 Å². The molecule has 2 heterocycles. The number of carboxylic acid groups (broad SMARTS) is 1. The molecule has 0 N–H and O–H groups in total. The van der Waals surface area contributed by atoms with E-state index in [1.54, 1.807) is 17.4 Å². The van der Waals surface area contributed by atoms with E-state index in [2.05, 4.69) is 0 Å². The lowest BCUT2D eigenvalue weighted by Gasteiger charge is -2.14. The van der Waals surface area contributed by atoms with Crippen LogP contribution >= 0.6 is 35.3 Å². The van der Waals surface area contributed by atoms with Crippen molar-refractivity contribution in [3.8, 4) is 0 Å². The zero-order chi connectivity index (χ0) is 13.3. The summed E-state index contributed by atoms with van der Waals surface area (Å²) in [7, 11) is 0. The number of aryl methyl sites for hydroxylation is 1. The van der Waals surface area contributed by atoms with Crippen molar-refractivity contribution < 1.29 is 14.7 Å². The van der Waals surface area contributed by atoms with Gasteiger partial charge in [0.15, 0.2) is 0 Å². The molecule has 4 nitrogen and oxygen atoms in total. The summed E-state index contributed by atoms with van der Waals surface area (Å²) in [6, 6.07) is 3.86. The minimum Gasteiger partial charge on any atom is -0.548 e. The van der Waals surface area contributed by atoms with E-state index in [-0.39, 0.29) is 10.2 Å². The van der Waals surface area contributed by atoms with Gasteiger partial charge in [-0.15, -0.1) is 11.3 Å². The minimum absolute atomic E-state index is 0.253. The largest absolute Gasteiger partial charge is 0.548 e. The first kappa shape index (κ1) is 13.3. The molecule has 1 aromatic heterocycles. The summed E-state index contributed by atoms with van der Waals surface area (Å²) in [5.41, 5.74) is 0. The van der Waals surface area contributed by atoms with E-state index in [1.807, 2.05) is 19.1 Å². The molecule has 0 bridgehead atoms. The first-order valence-electron chi connectivity index (χ1n) is 4.99. The van der Waals surface area contributed by atoms with Gasteiger partial charge in [-0.3, -0.25) is 9.69 Å². The Bertz CT molecular complexity index is 562. The van der Waals surface area contributed by atoms with Crippen LogP contribution in [0.4, 0.5) is 0 Å². The van der Waals surface area contributed by atoms with Gasteiger partial charge in [-0.05, 0) is 25.1 Å². The Balaban J connectivity index is 2.22. The van der Waals surface area contributed by atoms with Gasteiger partial charge in [-0.25, -0.2) is 0 Å². The molecule has 1 amide bonds. The maximum Gasteiger partial charge on any atom is 0.266 e.